The minimum Gasteiger partial charge on any atom is -0.439 e. The highest BCUT2D eigenvalue weighted by Crippen LogP contribution is 2.21. The Morgan fingerprint density at radius 2 is 1.68 bits per heavy atom. The van der Waals surface area contributed by atoms with Gasteiger partial charge in [-0.1, -0.05) is 12.1 Å². The second kappa shape index (κ2) is 7.04. The number of ether oxygens (including phenoxy) is 1. The van der Waals surface area contributed by atoms with Crippen molar-refractivity contribution in [1.82, 2.24) is 4.98 Å². The largest absolute Gasteiger partial charge is 0.439 e. The molecular formula is C18H11F3N2O2. The Hall–Kier alpha value is -3.35. The quantitative estimate of drug-likeness (QED) is 0.756. The highest BCUT2D eigenvalue weighted by atomic mass is 19.1. The van der Waals surface area contributed by atoms with Gasteiger partial charge in [-0.15, -0.1) is 0 Å². The summed E-state index contributed by atoms with van der Waals surface area (Å²) in [5.41, 5.74) is -0.220. The zero-order valence-corrected chi connectivity index (χ0v) is 12.7. The van der Waals surface area contributed by atoms with Gasteiger partial charge in [-0.2, -0.15) is 0 Å². The molecule has 7 heteroatoms. The second-order valence-electron chi connectivity index (χ2n) is 5.00. The molecule has 0 radical (unpaired) electrons. The minimum absolute atomic E-state index is 0.0439. The molecule has 0 fully saturated rings. The fourth-order valence-electron chi connectivity index (χ4n) is 2.03. The maximum atomic E-state index is 13.6. The van der Waals surface area contributed by atoms with E-state index in [0.29, 0.717) is 6.07 Å². The molecule has 126 valence electrons. The third-order valence-electron chi connectivity index (χ3n) is 3.15. The number of aromatic nitrogens is 1. The SMILES string of the molecule is O=C(Nc1ccc(F)cc1F)c1cccc(Oc2cccc(F)c2)n1. The first-order valence-corrected chi connectivity index (χ1v) is 7.18. The molecule has 4 nitrogen and oxygen atoms in total. The van der Waals surface area contributed by atoms with Crippen LogP contribution in [0, 0.1) is 17.5 Å². The first-order valence-electron chi connectivity index (χ1n) is 7.18. The van der Waals surface area contributed by atoms with Crippen molar-refractivity contribution in [2.24, 2.45) is 0 Å². The molecular weight excluding hydrogens is 333 g/mol. The van der Waals surface area contributed by atoms with Crippen LogP contribution in [0.15, 0.2) is 60.7 Å². The van der Waals surface area contributed by atoms with Crippen molar-refractivity contribution < 1.29 is 22.7 Å². The number of nitrogens with one attached hydrogen (secondary N) is 1. The average Bonchev–Trinajstić information content (AvgIpc) is 2.57. The summed E-state index contributed by atoms with van der Waals surface area (Å²) >= 11 is 0. The molecule has 0 bridgehead atoms. The Kier molecular flexibility index (Phi) is 4.65. The third-order valence-corrected chi connectivity index (χ3v) is 3.15. The summed E-state index contributed by atoms with van der Waals surface area (Å²) in [4.78, 5) is 16.1. The fraction of sp³-hybridized carbons (Fsp3) is 0. The van der Waals surface area contributed by atoms with Crippen LogP contribution in [-0.4, -0.2) is 10.9 Å². The van der Waals surface area contributed by atoms with Crippen molar-refractivity contribution >= 4 is 11.6 Å². The highest BCUT2D eigenvalue weighted by molar-refractivity contribution is 6.03. The van der Waals surface area contributed by atoms with Gasteiger partial charge in [0.25, 0.3) is 5.91 Å². The molecule has 0 spiro atoms. The molecule has 0 aliphatic carbocycles. The Morgan fingerprint density at radius 3 is 2.44 bits per heavy atom. The monoisotopic (exact) mass is 344 g/mol. The van der Waals surface area contributed by atoms with Gasteiger partial charge in [0.2, 0.25) is 5.88 Å². The maximum Gasteiger partial charge on any atom is 0.274 e. The van der Waals surface area contributed by atoms with Gasteiger partial charge in [-0.25, -0.2) is 18.2 Å². The fourth-order valence-corrected chi connectivity index (χ4v) is 2.03. The standard InChI is InChI=1S/C18H11F3N2O2/c19-11-3-1-4-13(9-11)25-17-6-2-5-16(22-17)18(24)23-15-8-7-12(20)10-14(15)21/h1-10H,(H,23,24). The number of hydrogen-bond donors (Lipinski definition) is 1. The van der Waals surface area contributed by atoms with Crippen LogP contribution >= 0.6 is 0 Å². The average molecular weight is 344 g/mol. The number of pyridine rings is 1. The Morgan fingerprint density at radius 1 is 0.920 bits per heavy atom. The molecule has 1 N–H and O–H groups in total. The lowest BCUT2D eigenvalue weighted by atomic mass is 10.2. The molecule has 0 aliphatic rings. The molecule has 0 unspecified atom stereocenters. The van der Waals surface area contributed by atoms with E-state index in [9.17, 15) is 18.0 Å². The topological polar surface area (TPSA) is 51.2 Å². The zero-order valence-electron chi connectivity index (χ0n) is 12.7. The van der Waals surface area contributed by atoms with Gasteiger partial charge in [0, 0.05) is 18.2 Å². The van der Waals surface area contributed by atoms with E-state index < -0.39 is 23.4 Å². The number of carbonyl (C=O) groups is 1. The van der Waals surface area contributed by atoms with E-state index in [-0.39, 0.29) is 23.0 Å². The van der Waals surface area contributed by atoms with Crippen LogP contribution in [0.5, 0.6) is 11.6 Å². The molecule has 3 rings (SSSR count). The van der Waals surface area contributed by atoms with Crippen molar-refractivity contribution in [2.75, 3.05) is 5.32 Å². The number of nitrogens with zero attached hydrogens (tertiary/aromatic N) is 1. The Bertz CT molecular complexity index is 932. The molecule has 1 heterocycles. The summed E-state index contributed by atoms with van der Waals surface area (Å²) < 4.78 is 45.0. The number of anilines is 1. The summed E-state index contributed by atoms with van der Waals surface area (Å²) in [6.07, 6.45) is 0. The number of amides is 1. The Balaban J connectivity index is 1.77. The minimum atomic E-state index is -0.902. The van der Waals surface area contributed by atoms with E-state index in [1.165, 1.54) is 42.5 Å². The summed E-state index contributed by atoms with van der Waals surface area (Å²) in [7, 11) is 0. The van der Waals surface area contributed by atoms with Gasteiger partial charge in [0.15, 0.2) is 0 Å². The van der Waals surface area contributed by atoms with E-state index in [1.807, 2.05) is 0 Å². The first-order chi connectivity index (χ1) is 12.0. The molecule has 0 saturated heterocycles. The molecule has 2 aromatic carbocycles. The van der Waals surface area contributed by atoms with Crippen LogP contribution in [-0.2, 0) is 0 Å². The third kappa shape index (κ3) is 4.14. The van der Waals surface area contributed by atoms with Gasteiger partial charge in [-0.3, -0.25) is 4.79 Å². The van der Waals surface area contributed by atoms with Crippen LogP contribution in [0.2, 0.25) is 0 Å². The highest BCUT2D eigenvalue weighted by Gasteiger charge is 2.12. The van der Waals surface area contributed by atoms with Crippen LogP contribution in [0.3, 0.4) is 0 Å². The normalized spacial score (nSPS) is 10.4. The molecule has 0 aliphatic heterocycles. The molecule has 0 saturated carbocycles. The number of halogens is 3. The first kappa shape index (κ1) is 16.5. The maximum absolute atomic E-state index is 13.6. The molecule has 3 aromatic rings. The van der Waals surface area contributed by atoms with Gasteiger partial charge in [0.1, 0.15) is 28.9 Å². The second-order valence-corrected chi connectivity index (χ2v) is 5.00. The molecule has 0 atom stereocenters. The summed E-state index contributed by atoms with van der Waals surface area (Å²) in [5, 5.41) is 2.30. The lowest BCUT2D eigenvalue weighted by molar-refractivity contribution is 0.102. The summed E-state index contributed by atoms with van der Waals surface area (Å²) in [6.45, 7) is 0. The van der Waals surface area contributed by atoms with Crippen molar-refractivity contribution in [3.8, 4) is 11.6 Å². The van der Waals surface area contributed by atoms with Crippen molar-refractivity contribution in [2.45, 2.75) is 0 Å². The van der Waals surface area contributed by atoms with Gasteiger partial charge < -0.3 is 10.1 Å². The van der Waals surface area contributed by atoms with Crippen LogP contribution < -0.4 is 10.1 Å². The molecule has 1 amide bonds. The van der Waals surface area contributed by atoms with E-state index in [2.05, 4.69) is 10.3 Å². The lowest BCUT2D eigenvalue weighted by Crippen LogP contribution is -2.14. The van der Waals surface area contributed by atoms with Crippen LogP contribution in [0.1, 0.15) is 10.5 Å². The lowest BCUT2D eigenvalue weighted by Gasteiger charge is -2.08. The molecule has 1 aromatic heterocycles. The smallest absolute Gasteiger partial charge is 0.274 e. The molecule has 25 heavy (non-hydrogen) atoms. The number of benzene rings is 2. The van der Waals surface area contributed by atoms with Crippen molar-refractivity contribution in [3.63, 3.8) is 0 Å². The number of carbonyl (C=O) groups excluding carboxylic acids is 1. The van der Waals surface area contributed by atoms with Crippen LogP contribution in [0.4, 0.5) is 18.9 Å². The summed E-state index contributed by atoms with van der Waals surface area (Å²) in [5.74, 6) is -2.54. The van der Waals surface area contributed by atoms with Gasteiger partial charge in [-0.05, 0) is 30.3 Å². The van der Waals surface area contributed by atoms with Gasteiger partial charge >= 0.3 is 0 Å². The predicted molar refractivity (Wildman–Crippen MR) is 85.0 cm³/mol. The summed E-state index contributed by atoms with van der Waals surface area (Å²) in [6, 6.07) is 12.6. The van der Waals surface area contributed by atoms with E-state index >= 15 is 0 Å². The van der Waals surface area contributed by atoms with E-state index in [0.717, 1.165) is 12.1 Å². The number of hydrogen-bond acceptors (Lipinski definition) is 3. The van der Waals surface area contributed by atoms with E-state index in [4.69, 9.17) is 4.74 Å². The number of rotatable bonds is 4. The van der Waals surface area contributed by atoms with E-state index in [1.54, 1.807) is 0 Å². The van der Waals surface area contributed by atoms with Crippen molar-refractivity contribution in [1.29, 1.82) is 0 Å². The Labute approximate surface area is 140 Å². The predicted octanol–water partition coefficient (Wildman–Crippen LogP) is 4.54. The van der Waals surface area contributed by atoms with Crippen molar-refractivity contribution in [3.05, 3.63) is 83.8 Å². The van der Waals surface area contributed by atoms with Gasteiger partial charge in [0.05, 0.1) is 5.69 Å². The van der Waals surface area contributed by atoms with Crippen LogP contribution in [0.25, 0.3) is 0 Å². The zero-order chi connectivity index (χ0) is 17.8.